The van der Waals surface area contributed by atoms with Crippen LogP contribution in [0.2, 0.25) is 5.02 Å². The Bertz CT molecular complexity index is 997. The standard InChI is InChI=1S/C17H14ClF2N5OS/c1-9(16(26)22-14-6-5-12(20)8-13(14)18)27-17-24-23-15(25(17)21)10-3-2-4-11(19)7-10/h2-9H,21H2,1H3,(H,22,26)/t9-/m0/s1. The highest BCUT2D eigenvalue weighted by molar-refractivity contribution is 8.00. The number of nitrogens with one attached hydrogen (secondary N) is 1. The van der Waals surface area contributed by atoms with Gasteiger partial charge in [0.2, 0.25) is 11.1 Å². The monoisotopic (exact) mass is 409 g/mol. The van der Waals surface area contributed by atoms with Gasteiger partial charge in [0.1, 0.15) is 11.6 Å². The minimum Gasteiger partial charge on any atom is -0.335 e. The number of rotatable bonds is 5. The molecule has 1 heterocycles. The Balaban J connectivity index is 1.72. The van der Waals surface area contributed by atoms with Crippen LogP contribution in [0.1, 0.15) is 6.92 Å². The van der Waals surface area contributed by atoms with Crippen LogP contribution in [0, 0.1) is 11.6 Å². The molecule has 0 aliphatic heterocycles. The van der Waals surface area contributed by atoms with Crippen molar-refractivity contribution in [2.24, 2.45) is 0 Å². The van der Waals surface area contributed by atoms with Crippen molar-refractivity contribution in [3.05, 3.63) is 59.1 Å². The third kappa shape index (κ3) is 4.37. The van der Waals surface area contributed by atoms with Gasteiger partial charge in [-0.05, 0) is 37.3 Å². The van der Waals surface area contributed by atoms with Crippen LogP contribution in [0.5, 0.6) is 0 Å². The van der Waals surface area contributed by atoms with Crippen molar-refractivity contribution in [1.82, 2.24) is 14.9 Å². The van der Waals surface area contributed by atoms with Crippen LogP contribution in [0.15, 0.2) is 47.6 Å². The zero-order valence-electron chi connectivity index (χ0n) is 14.0. The molecule has 0 aliphatic rings. The molecule has 3 N–H and O–H groups in total. The van der Waals surface area contributed by atoms with Gasteiger partial charge in [0.15, 0.2) is 5.82 Å². The van der Waals surface area contributed by atoms with E-state index in [0.29, 0.717) is 11.3 Å². The highest BCUT2D eigenvalue weighted by Gasteiger charge is 2.21. The van der Waals surface area contributed by atoms with Crippen molar-refractivity contribution in [1.29, 1.82) is 0 Å². The largest absolute Gasteiger partial charge is 0.335 e. The Kier molecular flexibility index (Phi) is 5.62. The molecule has 27 heavy (non-hydrogen) atoms. The molecule has 1 atom stereocenters. The third-order valence-corrected chi connectivity index (χ3v) is 4.96. The average molecular weight is 410 g/mol. The second-order valence-corrected chi connectivity index (χ2v) is 7.28. The molecule has 6 nitrogen and oxygen atoms in total. The van der Waals surface area contributed by atoms with Gasteiger partial charge in [0.05, 0.1) is 16.0 Å². The van der Waals surface area contributed by atoms with Gasteiger partial charge < -0.3 is 11.2 Å². The minimum atomic E-state index is -0.599. The van der Waals surface area contributed by atoms with Gasteiger partial charge in [-0.1, -0.05) is 35.5 Å². The molecule has 3 rings (SSSR count). The van der Waals surface area contributed by atoms with Gasteiger partial charge >= 0.3 is 0 Å². The van der Waals surface area contributed by atoms with Gasteiger partial charge in [-0.15, -0.1) is 10.2 Å². The van der Waals surface area contributed by atoms with Crippen LogP contribution in [0.3, 0.4) is 0 Å². The number of nitrogens with two attached hydrogens (primary N) is 1. The number of anilines is 1. The molecule has 2 aromatic carbocycles. The fourth-order valence-corrected chi connectivity index (χ4v) is 3.20. The van der Waals surface area contributed by atoms with Gasteiger partial charge in [-0.2, -0.15) is 0 Å². The SMILES string of the molecule is C[C@H](Sc1nnc(-c2cccc(F)c2)n1N)C(=O)Nc1ccc(F)cc1Cl. The lowest BCUT2D eigenvalue weighted by Crippen LogP contribution is -2.23. The van der Waals surface area contributed by atoms with Crippen LogP contribution in [0.25, 0.3) is 11.4 Å². The topological polar surface area (TPSA) is 85.8 Å². The molecule has 0 bridgehead atoms. The molecule has 0 saturated carbocycles. The zero-order valence-corrected chi connectivity index (χ0v) is 15.6. The fraction of sp³-hybridized carbons (Fsp3) is 0.118. The molecule has 0 saturated heterocycles. The number of amides is 1. The smallest absolute Gasteiger partial charge is 0.237 e. The quantitative estimate of drug-likeness (QED) is 0.495. The normalized spacial score (nSPS) is 12.0. The maximum Gasteiger partial charge on any atom is 0.237 e. The summed E-state index contributed by atoms with van der Waals surface area (Å²) in [5.41, 5.74) is 0.761. The van der Waals surface area contributed by atoms with Crippen molar-refractivity contribution in [3.63, 3.8) is 0 Å². The van der Waals surface area contributed by atoms with E-state index in [2.05, 4.69) is 15.5 Å². The maximum absolute atomic E-state index is 13.4. The van der Waals surface area contributed by atoms with Crippen LogP contribution >= 0.6 is 23.4 Å². The number of aromatic nitrogens is 3. The number of halogens is 3. The number of nitrogen functional groups attached to an aromatic ring is 1. The maximum atomic E-state index is 13.4. The Morgan fingerprint density at radius 3 is 2.67 bits per heavy atom. The number of hydrogen-bond acceptors (Lipinski definition) is 5. The molecule has 140 valence electrons. The Labute approximate surface area is 162 Å². The second kappa shape index (κ2) is 7.93. The van der Waals surface area contributed by atoms with Crippen molar-refractivity contribution < 1.29 is 13.6 Å². The summed E-state index contributed by atoms with van der Waals surface area (Å²) in [6, 6.07) is 9.46. The zero-order chi connectivity index (χ0) is 19.6. The molecule has 1 aromatic heterocycles. The summed E-state index contributed by atoms with van der Waals surface area (Å²) in [6.45, 7) is 1.65. The number of carbonyl (C=O) groups is 1. The molecule has 0 aliphatic carbocycles. The summed E-state index contributed by atoms with van der Waals surface area (Å²) in [5, 5.41) is 10.3. The Hall–Kier alpha value is -2.65. The predicted octanol–water partition coefficient (Wildman–Crippen LogP) is 3.71. The van der Waals surface area contributed by atoms with E-state index in [1.807, 2.05) is 0 Å². The van der Waals surface area contributed by atoms with Crippen LogP contribution in [-0.4, -0.2) is 26.0 Å². The summed E-state index contributed by atoms with van der Waals surface area (Å²) in [7, 11) is 0. The summed E-state index contributed by atoms with van der Waals surface area (Å²) in [5.74, 6) is 4.96. The van der Waals surface area contributed by atoms with E-state index in [0.717, 1.165) is 17.8 Å². The highest BCUT2D eigenvalue weighted by atomic mass is 35.5. The average Bonchev–Trinajstić information content (AvgIpc) is 2.98. The second-order valence-electron chi connectivity index (χ2n) is 5.56. The molecule has 10 heteroatoms. The lowest BCUT2D eigenvalue weighted by Gasteiger charge is -2.12. The molecule has 0 spiro atoms. The summed E-state index contributed by atoms with van der Waals surface area (Å²) >= 11 is 6.98. The number of thioether (sulfide) groups is 1. The molecule has 0 unspecified atom stereocenters. The summed E-state index contributed by atoms with van der Waals surface area (Å²) < 4.78 is 27.7. The van der Waals surface area contributed by atoms with Gasteiger partial charge in [0, 0.05) is 5.56 Å². The van der Waals surface area contributed by atoms with E-state index < -0.39 is 16.9 Å². The van der Waals surface area contributed by atoms with Crippen LogP contribution < -0.4 is 11.2 Å². The van der Waals surface area contributed by atoms with Crippen molar-refractivity contribution in [2.75, 3.05) is 11.2 Å². The van der Waals surface area contributed by atoms with E-state index in [4.69, 9.17) is 17.4 Å². The predicted molar refractivity (Wildman–Crippen MR) is 101 cm³/mol. The fourth-order valence-electron chi connectivity index (χ4n) is 2.22. The lowest BCUT2D eigenvalue weighted by molar-refractivity contribution is -0.115. The van der Waals surface area contributed by atoms with E-state index in [1.165, 1.54) is 35.0 Å². The third-order valence-electron chi connectivity index (χ3n) is 3.59. The number of hydrogen-bond donors (Lipinski definition) is 2. The summed E-state index contributed by atoms with van der Waals surface area (Å²) in [4.78, 5) is 12.4. The lowest BCUT2D eigenvalue weighted by atomic mass is 10.2. The molecular weight excluding hydrogens is 396 g/mol. The molecule has 0 radical (unpaired) electrons. The highest BCUT2D eigenvalue weighted by Crippen LogP contribution is 2.27. The molecule has 1 amide bonds. The van der Waals surface area contributed by atoms with Gasteiger partial charge in [0.25, 0.3) is 0 Å². The van der Waals surface area contributed by atoms with E-state index in [-0.39, 0.29) is 21.9 Å². The first-order valence-electron chi connectivity index (χ1n) is 7.74. The number of carbonyl (C=O) groups excluding carboxylic acids is 1. The Morgan fingerprint density at radius 1 is 1.22 bits per heavy atom. The van der Waals surface area contributed by atoms with E-state index >= 15 is 0 Å². The minimum absolute atomic E-state index is 0.0935. The van der Waals surface area contributed by atoms with Gasteiger partial charge in [-0.25, -0.2) is 13.5 Å². The Morgan fingerprint density at radius 2 is 1.96 bits per heavy atom. The number of nitrogens with zero attached hydrogens (tertiary/aromatic N) is 3. The first-order valence-corrected chi connectivity index (χ1v) is 9.00. The first-order chi connectivity index (χ1) is 12.8. The van der Waals surface area contributed by atoms with Crippen LogP contribution in [-0.2, 0) is 4.79 Å². The number of benzene rings is 2. The molecular formula is C17H14ClF2N5OS. The molecule has 3 aromatic rings. The van der Waals surface area contributed by atoms with Crippen molar-refractivity contribution in [3.8, 4) is 11.4 Å². The van der Waals surface area contributed by atoms with Crippen LogP contribution in [0.4, 0.5) is 14.5 Å². The molecule has 0 fully saturated rings. The van der Waals surface area contributed by atoms with E-state index in [1.54, 1.807) is 13.0 Å². The van der Waals surface area contributed by atoms with Crippen molar-refractivity contribution in [2.45, 2.75) is 17.3 Å². The van der Waals surface area contributed by atoms with Crippen molar-refractivity contribution >= 4 is 35.0 Å². The summed E-state index contributed by atoms with van der Waals surface area (Å²) in [6.07, 6.45) is 0. The van der Waals surface area contributed by atoms with Gasteiger partial charge in [-0.3, -0.25) is 4.79 Å². The first kappa shape index (κ1) is 19.1. The van der Waals surface area contributed by atoms with E-state index in [9.17, 15) is 13.6 Å².